The van der Waals surface area contributed by atoms with Gasteiger partial charge in [0.25, 0.3) is 0 Å². The van der Waals surface area contributed by atoms with Crippen LogP contribution in [-0.4, -0.2) is 18.5 Å². The molecular weight excluding hydrogens is 292 g/mol. The second kappa shape index (κ2) is 5.83. The van der Waals surface area contributed by atoms with Gasteiger partial charge >= 0.3 is 0 Å². The van der Waals surface area contributed by atoms with E-state index in [1.54, 1.807) is 0 Å². The Morgan fingerprint density at radius 1 is 1.33 bits per heavy atom. The molecule has 0 bridgehead atoms. The summed E-state index contributed by atoms with van der Waals surface area (Å²) >= 11 is 3.52. The summed E-state index contributed by atoms with van der Waals surface area (Å²) in [6.45, 7) is 4.45. The average Bonchev–Trinajstić information content (AvgIpc) is 2.67. The maximum atomic E-state index is 5.71. The summed E-state index contributed by atoms with van der Waals surface area (Å²) < 4.78 is 12.2. The van der Waals surface area contributed by atoms with E-state index in [2.05, 4.69) is 34.1 Å². The first-order chi connectivity index (χ1) is 8.55. The van der Waals surface area contributed by atoms with Crippen LogP contribution in [0.1, 0.15) is 19.4 Å². The number of rotatable bonds is 3. The van der Waals surface area contributed by atoms with Crippen LogP contribution in [0.15, 0.2) is 47.0 Å². The molecule has 0 saturated carbocycles. The fourth-order valence-corrected chi connectivity index (χ4v) is 2.20. The highest BCUT2D eigenvalue weighted by Gasteiger charge is 2.31. The van der Waals surface area contributed by atoms with Crippen LogP contribution in [0.2, 0.25) is 0 Å². The van der Waals surface area contributed by atoms with Crippen LogP contribution >= 0.6 is 15.9 Å². The molecule has 1 heterocycles. The number of ether oxygens (including phenoxy) is 2. The molecule has 1 fully saturated rings. The van der Waals surface area contributed by atoms with Gasteiger partial charge < -0.3 is 9.47 Å². The largest absolute Gasteiger partial charge is 0.347 e. The van der Waals surface area contributed by atoms with Crippen LogP contribution in [0.5, 0.6) is 0 Å². The quantitative estimate of drug-likeness (QED) is 0.782. The van der Waals surface area contributed by atoms with E-state index < -0.39 is 5.79 Å². The van der Waals surface area contributed by atoms with Crippen LogP contribution < -0.4 is 0 Å². The zero-order valence-corrected chi connectivity index (χ0v) is 12.2. The third kappa shape index (κ3) is 4.09. The molecule has 0 aliphatic carbocycles. The van der Waals surface area contributed by atoms with Crippen LogP contribution in [-0.2, 0) is 9.47 Å². The van der Waals surface area contributed by atoms with Gasteiger partial charge in [-0.1, -0.05) is 52.3 Å². The molecule has 0 radical (unpaired) electrons. The standard InChI is InChI=1S/C15H17BrO2/c1-15(2)17-11-14(18-15)10-13(16)9-8-12-6-4-3-5-7-12/h3-10,14H,11H2,1-2H3/b9-8+,13-10-/t14-/m0/s1. The van der Waals surface area contributed by atoms with Crippen LogP contribution in [0, 0.1) is 0 Å². The predicted molar refractivity (Wildman–Crippen MR) is 77.4 cm³/mol. The zero-order chi connectivity index (χ0) is 13.0. The molecule has 0 aromatic heterocycles. The monoisotopic (exact) mass is 308 g/mol. The number of hydrogen-bond acceptors (Lipinski definition) is 2. The molecule has 1 saturated heterocycles. The van der Waals surface area contributed by atoms with E-state index in [1.165, 1.54) is 5.56 Å². The maximum Gasteiger partial charge on any atom is 0.163 e. The minimum Gasteiger partial charge on any atom is -0.347 e. The van der Waals surface area contributed by atoms with Gasteiger partial charge in [0.15, 0.2) is 5.79 Å². The van der Waals surface area contributed by atoms with Crippen molar-refractivity contribution in [2.45, 2.75) is 25.7 Å². The van der Waals surface area contributed by atoms with Crippen LogP contribution in [0.25, 0.3) is 6.08 Å². The summed E-state index contributed by atoms with van der Waals surface area (Å²) in [4.78, 5) is 0. The first kappa shape index (κ1) is 13.5. The Balaban J connectivity index is 1.96. The van der Waals surface area contributed by atoms with E-state index in [1.807, 2.05) is 44.2 Å². The SMILES string of the molecule is CC1(C)OC[C@H](/C=C(Br)/C=C/c2ccccc2)O1. The summed E-state index contributed by atoms with van der Waals surface area (Å²) in [5.41, 5.74) is 1.17. The second-order valence-corrected chi connectivity index (χ2v) is 5.58. The van der Waals surface area contributed by atoms with E-state index in [0.717, 1.165) is 4.48 Å². The van der Waals surface area contributed by atoms with Crippen LogP contribution in [0.3, 0.4) is 0 Å². The van der Waals surface area contributed by atoms with Gasteiger partial charge in [-0.15, -0.1) is 0 Å². The van der Waals surface area contributed by atoms with Crippen LogP contribution in [0.4, 0.5) is 0 Å². The minimum atomic E-state index is -0.475. The molecule has 1 atom stereocenters. The van der Waals surface area contributed by atoms with Gasteiger partial charge in [0, 0.05) is 4.48 Å². The lowest BCUT2D eigenvalue weighted by atomic mass is 10.2. The van der Waals surface area contributed by atoms with Gasteiger partial charge in [-0.25, -0.2) is 0 Å². The lowest BCUT2D eigenvalue weighted by molar-refractivity contribution is -0.133. The fourth-order valence-electron chi connectivity index (χ4n) is 1.77. The van der Waals surface area contributed by atoms with E-state index in [-0.39, 0.29) is 6.10 Å². The number of benzene rings is 1. The third-order valence-corrected chi connectivity index (χ3v) is 3.14. The van der Waals surface area contributed by atoms with Crippen molar-refractivity contribution in [1.82, 2.24) is 0 Å². The topological polar surface area (TPSA) is 18.5 Å². The molecule has 3 heteroatoms. The van der Waals surface area contributed by atoms with Crippen molar-refractivity contribution in [2.24, 2.45) is 0 Å². The summed E-state index contributed by atoms with van der Waals surface area (Å²) in [7, 11) is 0. The fraction of sp³-hybridized carbons (Fsp3) is 0.333. The molecule has 0 spiro atoms. The first-order valence-electron chi connectivity index (χ1n) is 5.97. The Kier molecular flexibility index (Phi) is 4.38. The highest BCUT2D eigenvalue weighted by atomic mass is 79.9. The molecule has 2 nitrogen and oxygen atoms in total. The average molecular weight is 309 g/mol. The van der Waals surface area contributed by atoms with Crippen molar-refractivity contribution < 1.29 is 9.47 Å². The smallest absolute Gasteiger partial charge is 0.163 e. The van der Waals surface area contributed by atoms with Gasteiger partial charge in [-0.05, 0) is 31.6 Å². The van der Waals surface area contributed by atoms with E-state index in [0.29, 0.717) is 6.61 Å². The Bertz CT molecular complexity index is 449. The van der Waals surface area contributed by atoms with Crippen molar-refractivity contribution >= 4 is 22.0 Å². The molecule has 0 N–H and O–H groups in total. The van der Waals surface area contributed by atoms with Crippen molar-refractivity contribution in [3.05, 3.63) is 52.5 Å². The highest BCUT2D eigenvalue weighted by molar-refractivity contribution is 9.11. The van der Waals surface area contributed by atoms with Gasteiger partial charge in [0.2, 0.25) is 0 Å². The van der Waals surface area contributed by atoms with Gasteiger partial charge in [0.05, 0.1) is 6.61 Å². The molecule has 2 rings (SSSR count). The summed E-state index contributed by atoms with van der Waals surface area (Å²) in [6, 6.07) is 10.2. The molecule has 0 amide bonds. The van der Waals surface area contributed by atoms with Crippen molar-refractivity contribution in [2.75, 3.05) is 6.61 Å². The summed E-state index contributed by atoms with van der Waals surface area (Å²) in [5.74, 6) is -0.475. The molecule has 18 heavy (non-hydrogen) atoms. The summed E-state index contributed by atoms with van der Waals surface area (Å²) in [5, 5.41) is 0. The molecule has 96 valence electrons. The normalized spacial score (nSPS) is 23.7. The lowest BCUT2D eigenvalue weighted by Crippen LogP contribution is -2.20. The Morgan fingerprint density at radius 2 is 2.06 bits per heavy atom. The van der Waals surface area contributed by atoms with Crippen molar-refractivity contribution in [1.29, 1.82) is 0 Å². The third-order valence-electron chi connectivity index (χ3n) is 2.61. The van der Waals surface area contributed by atoms with E-state index >= 15 is 0 Å². The molecule has 1 aliphatic rings. The summed E-state index contributed by atoms with van der Waals surface area (Å²) in [6.07, 6.45) is 6.11. The van der Waals surface area contributed by atoms with Gasteiger partial charge in [-0.2, -0.15) is 0 Å². The molecule has 0 unspecified atom stereocenters. The Morgan fingerprint density at radius 3 is 2.67 bits per heavy atom. The highest BCUT2D eigenvalue weighted by Crippen LogP contribution is 2.25. The number of halogens is 1. The number of hydrogen-bond donors (Lipinski definition) is 0. The molecule has 1 aliphatic heterocycles. The Labute approximate surface area is 116 Å². The zero-order valence-electron chi connectivity index (χ0n) is 10.6. The van der Waals surface area contributed by atoms with Gasteiger partial charge in [-0.3, -0.25) is 0 Å². The molecular formula is C15H17BrO2. The van der Waals surface area contributed by atoms with Crippen molar-refractivity contribution in [3.8, 4) is 0 Å². The van der Waals surface area contributed by atoms with E-state index in [4.69, 9.17) is 9.47 Å². The lowest BCUT2D eigenvalue weighted by Gasteiger charge is -2.15. The van der Waals surface area contributed by atoms with Gasteiger partial charge in [0.1, 0.15) is 6.10 Å². The predicted octanol–water partition coefficient (Wildman–Crippen LogP) is 4.13. The minimum absolute atomic E-state index is 0.00907. The molecule has 1 aromatic carbocycles. The Hall–Kier alpha value is -0.900. The molecule has 1 aromatic rings. The first-order valence-corrected chi connectivity index (χ1v) is 6.77. The maximum absolute atomic E-state index is 5.71. The van der Waals surface area contributed by atoms with E-state index in [9.17, 15) is 0 Å². The number of allylic oxidation sites excluding steroid dienone is 2. The second-order valence-electron chi connectivity index (χ2n) is 4.66. The van der Waals surface area contributed by atoms with Crippen molar-refractivity contribution in [3.63, 3.8) is 0 Å².